The molecule has 2 N–H and O–H groups in total. The monoisotopic (exact) mass is 398 g/mol. The van der Waals surface area contributed by atoms with Crippen molar-refractivity contribution in [1.82, 2.24) is 5.32 Å². The molecule has 0 spiro atoms. The first-order valence-corrected chi connectivity index (χ1v) is 9.36. The Labute approximate surface area is 166 Å². The van der Waals surface area contributed by atoms with Crippen molar-refractivity contribution in [2.45, 2.75) is 6.92 Å². The SMILES string of the molecule is CCOc1ccc(NC(=O)COc2ccccc2/C=C2\SC(=O)NC2=O)cc1. The van der Waals surface area contributed by atoms with Crippen molar-refractivity contribution < 1.29 is 23.9 Å². The lowest BCUT2D eigenvalue weighted by molar-refractivity contribution is -0.118. The molecule has 3 rings (SSSR count). The zero-order valence-electron chi connectivity index (χ0n) is 15.1. The van der Waals surface area contributed by atoms with E-state index in [-0.39, 0.29) is 17.4 Å². The Morgan fingerprint density at radius 1 is 1.11 bits per heavy atom. The average molecular weight is 398 g/mol. The second-order valence-corrected chi connectivity index (χ2v) is 6.70. The van der Waals surface area contributed by atoms with Gasteiger partial charge >= 0.3 is 0 Å². The van der Waals surface area contributed by atoms with Crippen LogP contribution in [-0.4, -0.2) is 30.3 Å². The fraction of sp³-hybridized carbons (Fsp3) is 0.150. The van der Waals surface area contributed by atoms with Crippen molar-refractivity contribution in [3.63, 3.8) is 0 Å². The predicted molar refractivity (Wildman–Crippen MR) is 107 cm³/mol. The summed E-state index contributed by atoms with van der Waals surface area (Å²) in [5.74, 6) is 0.392. The number of ether oxygens (including phenoxy) is 2. The number of hydrogen-bond acceptors (Lipinski definition) is 6. The van der Waals surface area contributed by atoms with Crippen LogP contribution in [0.2, 0.25) is 0 Å². The minimum Gasteiger partial charge on any atom is -0.494 e. The molecule has 0 aromatic heterocycles. The van der Waals surface area contributed by atoms with Gasteiger partial charge in [0, 0.05) is 11.3 Å². The molecule has 0 saturated carbocycles. The van der Waals surface area contributed by atoms with E-state index in [1.165, 1.54) is 0 Å². The fourth-order valence-electron chi connectivity index (χ4n) is 2.44. The first kappa shape index (κ1) is 19.5. The van der Waals surface area contributed by atoms with Crippen molar-refractivity contribution in [3.05, 3.63) is 59.0 Å². The summed E-state index contributed by atoms with van der Waals surface area (Å²) in [4.78, 5) is 35.4. The van der Waals surface area contributed by atoms with Gasteiger partial charge in [-0.15, -0.1) is 0 Å². The van der Waals surface area contributed by atoms with E-state index in [0.717, 1.165) is 17.5 Å². The minimum absolute atomic E-state index is 0.203. The molecule has 2 aromatic rings. The molecule has 3 amide bonds. The number of nitrogens with one attached hydrogen (secondary N) is 2. The summed E-state index contributed by atoms with van der Waals surface area (Å²) < 4.78 is 11.0. The van der Waals surface area contributed by atoms with Crippen LogP contribution in [-0.2, 0) is 9.59 Å². The summed E-state index contributed by atoms with van der Waals surface area (Å²) in [7, 11) is 0. The standard InChI is InChI=1S/C20H18N2O5S/c1-2-26-15-9-7-14(8-10-15)21-18(23)12-27-16-6-4-3-5-13(16)11-17-19(24)22-20(25)28-17/h3-11H,2,12H2,1H3,(H,21,23)(H,22,24,25)/b17-11-. The molecule has 0 unspecified atom stereocenters. The largest absolute Gasteiger partial charge is 0.494 e. The van der Waals surface area contributed by atoms with E-state index < -0.39 is 11.1 Å². The van der Waals surface area contributed by atoms with E-state index in [9.17, 15) is 14.4 Å². The Balaban J connectivity index is 1.61. The molecule has 1 saturated heterocycles. The van der Waals surface area contributed by atoms with Crippen molar-refractivity contribution in [2.75, 3.05) is 18.5 Å². The smallest absolute Gasteiger partial charge is 0.290 e. The van der Waals surface area contributed by atoms with E-state index in [4.69, 9.17) is 9.47 Å². The number of amides is 3. The van der Waals surface area contributed by atoms with E-state index in [1.807, 2.05) is 6.92 Å². The molecule has 0 atom stereocenters. The maximum Gasteiger partial charge on any atom is 0.290 e. The molecule has 0 bridgehead atoms. The van der Waals surface area contributed by atoms with Crippen molar-refractivity contribution in [2.24, 2.45) is 0 Å². The molecule has 2 aromatic carbocycles. The summed E-state index contributed by atoms with van der Waals surface area (Å²) in [5, 5.41) is 4.53. The number of carbonyl (C=O) groups excluding carboxylic acids is 3. The van der Waals surface area contributed by atoms with Gasteiger partial charge in [0.15, 0.2) is 6.61 Å². The summed E-state index contributed by atoms with van der Waals surface area (Å²) in [5.41, 5.74) is 1.23. The maximum atomic E-state index is 12.2. The number of imide groups is 1. The highest BCUT2D eigenvalue weighted by molar-refractivity contribution is 8.18. The van der Waals surface area contributed by atoms with Gasteiger partial charge in [-0.25, -0.2) is 0 Å². The van der Waals surface area contributed by atoms with Crippen LogP contribution >= 0.6 is 11.8 Å². The van der Waals surface area contributed by atoms with Gasteiger partial charge in [0.2, 0.25) is 0 Å². The minimum atomic E-state index is -0.446. The van der Waals surface area contributed by atoms with Gasteiger partial charge < -0.3 is 14.8 Å². The Morgan fingerprint density at radius 3 is 2.54 bits per heavy atom. The highest BCUT2D eigenvalue weighted by Gasteiger charge is 2.25. The normalized spacial score (nSPS) is 14.7. The van der Waals surface area contributed by atoms with Crippen molar-refractivity contribution in [1.29, 1.82) is 0 Å². The Kier molecular flexibility index (Phi) is 6.33. The van der Waals surface area contributed by atoms with Crippen LogP contribution in [0.5, 0.6) is 11.5 Å². The summed E-state index contributed by atoms with van der Waals surface area (Å²) in [6.45, 7) is 2.27. The van der Waals surface area contributed by atoms with Crippen LogP contribution in [0.25, 0.3) is 6.08 Å². The first-order chi connectivity index (χ1) is 13.5. The molecule has 1 aliphatic heterocycles. The lowest BCUT2D eigenvalue weighted by atomic mass is 10.2. The lowest BCUT2D eigenvalue weighted by Gasteiger charge is -2.10. The van der Waals surface area contributed by atoms with E-state index in [1.54, 1.807) is 54.6 Å². The number of anilines is 1. The summed E-state index contributed by atoms with van der Waals surface area (Å²) in [6.07, 6.45) is 1.56. The third-order valence-corrected chi connectivity index (χ3v) is 4.47. The molecule has 144 valence electrons. The van der Waals surface area contributed by atoms with Gasteiger partial charge in [-0.1, -0.05) is 18.2 Å². The predicted octanol–water partition coefficient (Wildman–Crippen LogP) is 3.43. The van der Waals surface area contributed by atoms with Gasteiger partial charge in [-0.05, 0) is 55.1 Å². The second kappa shape index (κ2) is 9.09. The van der Waals surface area contributed by atoms with Gasteiger partial charge in [-0.3, -0.25) is 19.7 Å². The first-order valence-electron chi connectivity index (χ1n) is 8.54. The lowest BCUT2D eigenvalue weighted by Crippen LogP contribution is -2.20. The molecule has 1 aliphatic rings. The highest BCUT2D eigenvalue weighted by atomic mass is 32.2. The second-order valence-electron chi connectivity index (χ2n) is 5.68. The Morgan fingerprint density at radius 2 is 1.86 bits per heavy atom. The molecule has 1 fully saturated rings. The molecule has 0 aliphatic carbocycles. The molecule has 1 heterocycles. The molecule has 8 heteroatoms. The van der Waals surface area contributed by atoms with Crippen LogP contribution < -0.4 is 20.1 Å². The van der Waals surface area contributed by atoms with E-state index in [0.29, 0.717) is 23.6 Å². The van der Waals surface area contributed by atoms with E-state index in [2.05, 4.69) is 10.6 Å². The number of carbonyl (C=O) groups is 3. The van der Waals surface area contributed by atoms with Crippen LogP contribution in [0.4, 0.5) is 10.5 Å². The number of benzene rings is 2. The third kappa shape index (κ3) is 5.14. The molecular weight excluding hydrogens is 380 g/mol. The summed E-state index contributed by atoms with van der Waals surface area (Å²) >= 11 is 0.824. The zero-order valence-corrected chi connectivity index (χ0v) is 15.9. The quantitative estimate of drug-likeness (QED) is 0.694. The van der Waals surface area contributed by atoms with E-state index >= 15 is 0 Å². The van der Waals surface area contributed by atoms with Gasteiger partial charge in [0.1, 0.15) is 11.5 Å². The van der Waals surface area contributed by atoms with Crippen LogP contribution in [0.3, 0.4) is 0 Å². The number of hydrogen-bond donors (Lipinski definition) is 2. The topological polar surface area (TPSA) is 93.7 Å². The molecular formula is C20H18N2O5S. The van der Waals surface area contributed by atoms with Crippen LogP contribution in [0, 0.1) is 0 Å². The fourth-order valence-corrected chi connectivity index (χ4v) is 3.11. The van der Waals surface area contributed by atoms with Gasteiger partial charge in [-0.2, -0.15) is 0 Å². The van der Waals surface area contributed by atoms with Crippen LogP contribution in [0.1, 0.15) is 12.5 Å². The number of para-hydroxylation sites is 1. The Bertz CT molecular complexity index is 924. The average Bonchev–Trinajstić information content (AvgIpc) is 3.00. The molecule has 7 nitrogen and oxygen atoms in total. The third-order valence-electron chi connectivity index (χ3n) is 3.66. The molecule has 28 heavy (non-hydrogen) atoms. The Hall–Kier alpha value is -3.26. The van der Waals surface area contributed by atoms with Crippen molar-refractivity contribution in [3.8, 4) is 11.5 Å². The number of rotatable bonds is 7. The van der Waals surface area contributed by atoms with Crippen molar-refractivity contribution >= 4 is 40.6 Å². The van der Waals surface area contributed by atoms with Crippen LogP contribution in [0.15, 0.2) is 53.4 Å². The zero-order chi connectivity index (χ0) is 19.9. The van der Waals surface area contributed by atoms with Gasteiger partial charge in [0.05, 0.1) is 11.5 Å². The highest BCUT2D eigenvalue weighted by Crippen LogP contribution is 2.29. The summed E-state index contributed by atoms with van der Waals surface area (Å²) in [6, 6.07) is 14.0. The number of thioether (sulfide) groups is 1. The van der Waals surface area contributed by atoms with Gasteiger partial charge in [0.25, 0.3) is 17.1 Å². The molecule has 0 radical (unpaired) electrons. The maximum absolute atomic E-state index is 12.2.